The normalized spacial score (nSPS) is 13.1. The molecule has 3 nitrogen and oxygen atoms in total. The minimum absolute atomic E-state index is 0.476. The van der Waals surface area contributed by atoms with Crippen LogP contribution in [0.1, 0.15) is 22.3 Å². The van der Waals surface area contributed by atoms with Gasteiger partial charge in [-0.05, 0) is 115 Å². The lowest BCUT2D eigenvalue weighted by atomic mass is 9.70. The van der Waals surface area contributed by atoms with Crippen LogP contribution in [0.2, 0.25) is 0 Å². The van der Waals surface area contributed by atoms with E-state index >= 15 is 0 Å². The zero-order chi connectivity index (χ0) is 42.2. The first-order chi connectivity index (χ1) is 31.7. The zero-order valence-electron chi connectivity index (χ0n) is 34.8. The Morgan fingerprint density at radius 1 is 0.281 bits per heavy atom. The van der Waals surface area contributed by atoms with Gasteiger partial charge in [0.25, 0.3) is 0 Å². The molecule has 300 valence electrons. The minimum Gasteiger partial charge on any atom is -0.449 e. The summed E-state index contributed by atoms with van der Waals surface area (Å²) < 4.78 is 14.0. The number of hydrogen-bond acceptors (Lipinski definition) is 3. The Bertz CT molecular complexity index is 3380. The van der Waals surface area contributed by atoms with Crippen molar-refractivity contribution in [2.24, 2.45) is 0 Å². The van der Waals surface area contributed by atoms with E-state index in [0.717, 1.165) is 45.1 Å². The number of fused-ring (bicyclic) bond motifs is 13. The number of anilines is 3. The van der Waals surface area contributed by atoms with Crippen LogP contribution in [0.15, 0.2) is 237 Å². The average molecular weight is 818 g/mol. The summed E-state index contributed by atoms with van der Waals surface area (Å²) >= 11 is 0. The van der Waals surface area contributed by atoms with Crippen LogP contribution >= 0.6 is 0 Å². The van der Waals surface area contributed by atoms with E-state index in [4.69, 9.17) is 9.47 Å². The number of nitrogens with zero attached hydrogens (tertiary/aromatic N) is 1. The maximum Gasteiger partial charge on any atom is 0.178 e. The van der Waals surface area contributed by atoms with Crippen molar-refractivity contribution in [3.63, 3.8) is 0 Å². The third-order valence-electron chi connectivity index (χ3n) is 13.4. The molecule has 0 amide bonds. The molecule has 0 unspecified atom stereocenters. The third-order valence-corrected chi connectivity index (χ3v) is 13.4. The molecular weight excluding hydrogens is 779 g/mol. The molecule has 3 heteroatoms. The van der Waals surface area contributed by atoms with Gasteiger partial charge in [-0.15, -0.1) is 0 Å². The van der Waals surface area contributed by atoms with Gasteiger partial charge in [0.1, 0.15) is 0 Å². The molecule has 1 spiro atoms. The second kappa shape index (κ2) is 14.3. The quantitative estimate of drug-likeness (QED) is 0.167. The maximum absolute atomic E-state index is 7.18. The Kier molecular flexibility index (Phi) is 8.13. The Labute approximate surface area is 372 Å². The van der Waals surface area contributed by atoms with E-state index in [0.29, 0.717) is 17.2 Å². The van der Waals surface area contributed by atoms with Gasteiger partial charge in [-0.1, -0.05) is 188 Å². The van der Waals surface area contributed by atoms with Crippen LogP contribution in [0.4, 0.5) is 17.1 Å². The highest BCUT2D eigenvalue weighted by atomic mass is 16.6. The summed E-state index contributed by atoms with van der Waals surface area (Å²) in [6, 6.07) is 84.7. The molecular formula is C61H39NO2. The van der Waals surface area contributed by atoms with Gasteiger partial charge in [0.2, 0.25) is 0 Å². The van der Waals surface area contributed by atoms with Gasteiger partial charge in [-0.2, -0.15) is 0 Å². The van der Waals surface area contributed by atoms with Crippen molar-refractivity contribution in [2.45, 2.75) is 5.41 Å². The van der Waals surface area contributed by atoms with Crippen LogP contribution in [0.5, 0.6) is 23.0 Å². The predicted octanol–water partition coefficient (Wildman–Crippen LogP) is 16.4. The number of benzene rings is 10. The largest absolute Gasteiger partial charge is 0.449 e. The summed E-state index contributed by atoms with van der Waals surface area (Å²) in [6.07, 6.45) is 0. The minimum atomic E-state index is -0.476. The SMILES string of the molecule is c1ccc(-c2ccc(N(c3ccc(-c4ccccc4-c4ccccc4)cc3)c3ccc4c(c3)Oc3c(ccc5c3-c3ccccc3C53c5ccccc5-c5ccccc53)O4)cc2)cc1. The van der Waals surface area contributed by atoms with Crippen molar-refractivity contribution in [2.75, 3.05) is 4.90 Å². The van der Waals surface area contributed by atoms with E-state index < -0.39 is 5.41 Å². The lowest BCUT2D eigenvalue weighted by Gasteiger charge is -2.31. The summed E-state index contributed by atoms with van der Waals surface area (Å²) in [5.41, 5.74) is 19.5. The number of ether oxygens (including phenoxy) is 2. The van der Waals surface area contributed by atoms with Gasteiger partial charge >= 0.3 is 0 Å². The van der Waals surface area contributed by atoms with E-state index in [2.05, 4.69) is 235 Å². The Morgan fingerprint density at radius 2 is 0.719 bits per heavy atom. The van der Waals surface area contributed by atoms with Gasteiger partial charge < -0.3 is 14.4 Å². The number of hydrogen-bond donors (Lipinski definition) is 0. The predicted molar refractivity (Wildman–Crippen MR) is 260 cm³/mol. The number of rotatable bonds is 6. The zero-order valence-corrected chi connectivity index (χ0v) is 34.8. The summed E-state index contributed by atoms with van der Waals surface area (Å²) in [5, 5.41) is 0. The van der Waals surface area contributed by atoms with E-state index in [-0.39, 0.29) is 0 Å². The molecule has 0 aromatic heterocycles. The second-order valence-corrected chi connectivity index (χ2v) is 16.7. The molecule has 2 aliphatic carbocycles. The van der Waals surface area contributed by atoms with Gasteiger partial charge in [0, 0.05) is 23.0 Å². The van der Waals surface area contributed by atoms with Crippen LogP contribution < -0.4 is 14.4 Å². The first-order valence-corrected chi connectivity index (χ1v) is 21.9. The fourth-order valence-electron chi connectivity index (χ4n) is 10.6. The topological polar surface area (TPSA) is 21.7 Å². The Morgan fingerprint density at radius 3 is 1.33 bits per heavy atom. The Balaban J connectivity index is 0.931. The molecule has 0 saturated heterocycles. The van der Waals surface area contributed by atoms with Crippen molar-refractivity contribution >= 4 is 17.1 Å². The van der Waals surface area contributed by atoms with Crippen LogP contribution in [0.3, 0.4) is 0 Å². The highest BCUT2D eigenvalue weighted by Crippen LogP contribution is 2.66. The van der Waals surface area contributed by atoms with Gasteiger partial charge in [-0.3, -0.25) is 0 Å². The molecule has 13 rings (SSSR count). The standard InChI is InChI=1S/C61H39NO2/c1-3-15-40(16-4-1)41-27-31-44(32-28-41)62(45-33-29-43(30-34-45)48-20-8-7-19-47(48)42-17-5-2-6-18-42)46-35-37-56-58(39-46)64-60-57(63-56)38-36-55-59(60)51-23-11-14-26-54(51)61(55)52-24-12-9-21-49(52)50-22-10-13-25-53(50)61/h1-39H. The molecule has 0 saturated carbocycles. The average Bonchev–Trinajstić information content (AvgIpc) is 3.84. The monoisotopic (exact) mass is 817 g/mol. The first-order valence-electron chi connectivity index (χ1n) is 21.9. The van der Waals surface area contributed by atoms with Crippen molar-refractivity contribution < 1.29 is 9.47 Å². The lowest BCUT2D eigenvalue weighted by Crippen LogP contribution is -2.25. The van der Waals surface area contributed by atoms with Crippen LogP contribution in [-0.4, -0.2) is 0 Å². The van der Waals surface area contributed by atoms with E-state index in [9.17, 15) is 0 Å². The molecule has 64 heavy (non-hydrogen) atoms. The molecule has 3 aliphatic rings. The van der Waals surface area contributed by atoms with Crippen molar-refractivity contribution in [3.8, 4) is 78.6 Å². The molecule has 1 aliphatic heterocycles. The second-order valence-electron chi connectivity index (χ2n) is 16.7. The fraction of sp³-hybridized carbons (Fsp3) is 0.0164. The molecule has 0 radical (unpaired) electrons. The molecule has 10 aromatic carbocycles. The van der Waals surface area contributed by atoms with Crippen LogP contribution in [-0.2, 0) is 5.41 Å². The third kappa shape index (κ3) is 5.41. The first kappa shape index (κ1) is 36.3. The van der Waals surface area contributed by atoms with E-state index in [1.165, 1.54) is 55.6 Å². The van der Waals surface area contributed by atoms with Crippen LogP contribution in [0.25, 0.3) is 55.6 Å². The van der Waals surface area contributed by atoms with Gasteiger partial charge in [0.15, 0.2) is 23.0 Å². The van der Waals surface area contributed by atoms with Crippen molar-refractivity contribution in [1.82, 2.24) is 0 Å². The maximum atomic E-state index is 7.18. The smallest absolute Gasteiger partial charge is 0.178 e. The molecule has 1 heterocycles. The highest BCUT2D eigenvalue weighted by molar-refractivity contribution is 5.98. The van der Waals surface area contributed by atoms with Gasteiger partial charge in [0.05, 0.1) is 11.1 Å². The Hall–Kier alpha value is -8.40. The van der Waals surface area contributed by atoms with Gasteiger partial charge in [-0.25, -0.2) is 0 Å². The fourth-order valence-corrected chi connectivity index (χ4v) is 10.6. The highest BCUT2D eigenvalue weighted by Gasteiger charge is 2.53. The van der Waals surface area contributed by atoms with Crippen molar-refractivity contribution in [3.05, 3.63) is 259 Å². The molecule has 0 bridgehead atoms. The molecule has 0 N–H and O–H groups in total. The van der Waals surface area contributed by atoms with Crippen molar-refractivity contribution in [1.29, 1.82) is 0 Å². The van der Waals surface area contributed by atoms with Crippen LogP contribution in [0, 0.1) is 0 Å². The summed E-state index contributed by atoms with van der Waals surface area (Å²) in [5.74, 6) is 2.81. The molecule has 10 aromatic rings. The van der Waals surface area contributed by atoms with E-state index in [1.807, 2.05) is 6.07 Å². The summed E-state index contributed by atoms with van der Waals surface area (Å²) in [7, 11) is 0. The summed E-state index contributed by atoms with van der Waals surface area (Å²) in [6.45, 7) is 0. The molecule has 0 atom stereocenters. The molecule has 0 fully saturated rings. The summed E-state index contributed by atoms with van der Waals surface area (Å²) in [4.78, 5) is 2.30. The van der Waals surface area contributed by atoms with E-state index in [1.54, 1.807) is 0 Å². The lowest BCUT2D eigenvalue weighted by molar-refractivity contribution is 0.360.